The highest BCUT2D eigenvalue weighted by molar-refractivity contribution is 5.78. The number of benzene rings is 1. The first-order chi connectivity index (χ1) is 8.20. The number of aryl methyl sites for hydroxylation is 1. The van der Waals surface area contributed by atoms with Crippen molar-refractivity contribution in [1.82, 2.24) is 9.78 Å². The summed E-state index contributed by atoms with van der Waals surface area (Å²) in [4.78, 5) is 11.0. The molecule has 0 spiro atoms. The maximum Gasteiger partial charge on any atom is 0.134 e. The molecule has 0 atom stereocenters. The van der Waals surface area contributed by atoms with Crippen LogP contribution in [0.5, 0.6) is 0 Å². The second-order valence-corrected chi connectivity index (χ2v) is 4.11. The maximum atomic E-state index is 11.0. The summed E-state index contributed by atoms with van der Waals surface area (Å²) in [6.07, 6.45) is 2.32. The van der Waals surface area contributed by atoms with Crippen LogP contribution in [0.1, 0.15) is 19.4 Å². The highest BCUT2D eigenvalue weighted by Crippen LogP contribution is 2.19. The van der Waals surface area contributed by atoms with Crippen LogP contribution in [0, 0.1) is 0 Å². The molecule has 0 fully saturated rings. The number of nitrogens with zero attached hydrogens (tertiary/aromatic N) is 2. The quantitative estimate of drug-likeness (QED) is 0.806. The topological polar surface area (TPSA) is 34.9 Å². The maximum absolute atomic E-state index is 11.0. The van der Waals surface area contributed by atoms with Gasteiger partial charge in [-0.1, -0.05) is 24.3 Å². The van der Waals surface area contributed by atoms with E-state index in [-0.39, 0.29) is 5.78 Å². The molecule has 3 heteroatoms. The molecule has 0 N–H and O–H groups in total. The van der Waals surface area contributed by atoms with Gasteiger partial charge in [-0.15, -0.1) is 0 Å². The molecule has 0 bridgehead atoms. The molecule has 0 aliphatic rings. The molecule has 1 heterocycles. The Morgan fingerprint density at radius 1 is 1.24 bits per heavy atom. The molecule has 1 aromatic heterocycles. The van der Waals surface area contributed by atoms with Crippen LogP contribution in [0.4, 0.5) is 0 Å². The van der Waals surface area contributed by atoms with Crippen molar-refractivity contribution in [2.45, 2.75) is 26.8 Å². The van der Waals surface area contributed by atoms with Gasteiger partial charge in [-0.2, -0.15) is 5.10 Å². The van der Waals surface area contributed by atoms with E-state index in [1.54, 1.807) is 6.92 Å². The van der Waals surface area contributed by atoms with E-state index in [2.05, 4.69) is 12.0 Å². The Labute approximate surface area is 101 Å². The molecule has 2 aromatic rings. The molecule has 0 amide bonds. The zero-order chi connectivity index (χ0) is 12.3. The summed E-state index contributed by atoms with van der Waals surface area (Å²) in [5, 5.41) is 4.24. The zero-order valence-electron chi connectivity index (χ0n) is 10.2. The Morgan fingerprint density at radius 3 is 2.53 bits per heavy atom. The minimum Gasteiger partial charge on any atom is -0.300 e. The lowest BCUT2D eigenvalue weighted by Crippen LogP contribution is -1.99. The summed E-state index contributed by atoms with van der Waals surface area (Å²) in [7, 11) is 0. The third-order valence-corrected chi connectivity index (χ3v) is 2.72. The van der Waals surface area contributed by atoms with E-state index in [4.69, 9.17) is 0 Å². The number of rotatable bonds is 4. The van der Waals surface area contributed by atoms with E-state index in [0.717, 1.165) is 23.4 Å². The molecular formula is C14H16N2O. The SMILES string of the molecule is CCn1nccc1-c1ccc(CC(C)=O)cc1. The van der Waals surface area contributed by atoms with E-state index >= 15 is 0 Å². The van der Waals surface area contributed by atoms with Gasteiger partial charge in [-0.25, -0.2) is 0 Å². The van der Waals surface area contributed by atoms with Crippen molar-refractivity contribution < 1.29 is 4.79 Å². The van der Waals surface area contributed by atoms with Crippen molar-refractivity contribution in [2.75, 3.05) is 0 Å². The standard InChI is InChI=1S/C14H16N2O/c1-3-16-14(8-9-15-16)13-6-4-12(5-7-13)10-11(2)17/h4-9H,3,10H2,1-2H3. The first kappa shape index (κ1) is 11.6. The van der Waals surface area contributed by atoms with Gasteiger partial charge in [0.25, 0.3) is 0 Å². The number of carbonyl (C=O) groups excluding carboxylic acids is 1. The van der Waals surface area contributed by atoms with Crippen molar-refractivity contribution in [2.24, 2.45) is 0 Å². The number of aromatic nitrogens is 2. The predicted octanol–water partition coefficient (Wildman–Crippen LogP) is 2.70. The van der Waals surface area contributed by atoms with Crippen LogP contribution in [0.2, 0.25) is 0 Å². The van der Waals surface area contributed by atoms with Crippen LogP contribution in [-0.4, -0.2) is 15.6 Å². The molecule has 0 saturated heterocycles. The van der Waals surface area contributed by atoms with Crippen molar-refractivity contribution >= 4 is 5.78 Å². The molecule has 0 unspecified atom stereocenters. The Hall–Kier alpha value is -1.90. The molecule has 17 heavy (non-hydrogen) atoms. The van der Waals surface area contributed by atoms with E-state index in [1.807, 2.05) is 41.2 Å². The normalized spacial score (nSPS) is 10.5. The van der Waals surface area contributed by atoms with Crippen LogP contribution in [-0.2, 0) is 17.8 Å². The van der Waals surface area contributed by atoms with Crippen molar-refractivity contribution in [3.8, 4) is 11.3 Å². The van der Waals surface area contributed by atoms with Crippen LogP contribution >= 0.6 is 0 Å². The molecule has 0 aliphatic heterocycles. The number of hydrogen-bond donors (Lipinski definition) is 0. The first-order valence-corrected chi connectivity index (χ1v) is 5.81. The fourth-order valence-corrected chi connectivity index (χ4v) is 1.91. The average Bonchev–Trinajstić information content (AvgIpc) is 2.77. The van der Waals surface area contributed by atoms with E-state index in [0.29, 0.717) is 6.42 Å². The Kier molecular flexibility index (Phi) is 3.38. The van der Waals surface area contributed by atoms with E-state index < -0.39 is 0 Å². The summed E-state index contributed by atoms with van der Waals surface area (Å²) in [6.45, 7) is 4.54. The number of Topliss-reactive ketones (excluding diaryl/α,β-unsaturated/α-hetero) is 1. The van der Waals surface area contributed by atoms with Crippen LogP contribution in [0.25, 0.3) is 11.3 Å². The minimum atomic E-state index is 0.191. The summed E-state index contributed by atoms with van der Waals surface area (Å²) >= 11 is 0. The molecule has 1 aromatic carbocycles. The second-order valence-electron chi connectivity index (χ2n) is 4.11. The summed E-state index contributed by atoms with van der Waals surface area (Å²) in [6, 6.07) is 10.1. The number of hydrogen-bond acceptors (Lipinski definition) is 2. The smallest absolute Gasteiger partial charge is 0.134 e. The molecule has 0 saturated carbocycles. The van der Waals surface area contributed by atoms with Gasteiger partial charge in [-0.3, -0.25) is 9.48 Å². The first-order valence-electron chi connectivity index (χ1n) is 5.81. The number of ketones is 1. The second kappa shape index (κ2) is 4.95. The molecule has 2 rings (SSSR count). The molecular weight excluding hydrogens is 212 g/mol. The monoisotopic (exact) mass is 228 g/mol. The van der Waals surface area contributed by atoms with Crippen molar-refractivity contribution in [1.29, 1.82) is 0 Å². The largest absolute Gasteiger partial charge is 0.300 e. The third kappa shape index (κ3) is 2.61. The van der Waals surface area contributed by atoms with Gasteiger partial charge in [0.05, 0.1) is 5.69 Å². The van der Waals surface area contributed by atoms with Crippen molar-refractivity contribution in [3.63, 3.8) is 0 Å². The summed E-state index contributed by atoms with van der Waals surface area (Å²) in [5.74, 6) is 0.191. The van der Waals surface area contributed by atoms with Crippen LogP contribution < -0.4 is 0 Å². The molecule has 0 aliphatic carbocycles. The zero-order valence-corrected chi connectivity index (χ0v) is 10.2. The van der Waals surface area contributed by atoms with Gasteiger partial charge in [0.1, 0.15) is 5.78 Å². The summed E-state index contributed by atoms with van der Waals surface area (Å²) < 4.78 is 1.96. The fourth-order valence-electron chi connectivity index (χ4n) is 1.91. The highest BCUT2D eigenvalue weighted by Gasteiger charge is 2.04. The number of carbonyl (C=O) groups is 1. The lowest BCUT2D eigenvalue weighted by molar-refractivity contribution is -0.116. The Morgan fingerprint density at radius 2 is 1.94 bits per heavy atom. The molecule has 3 nitrogen and oxygen atoms in total. The molecule has 88 valence electrons. The van der Waals surface area contributed by atoms with Gasteiger partial charge in [0.2, 0.25) is 0 Å². The van der Waals surface area contributed by atoms with Crippen LogP contribution in [0.15, 0.2) is 36.5 Å². The van der Waals surface area contributed by atoms with Gasteiger partial charge >= 0.3 is 0 Å². The van der Waals surface area contributed by atoms with Gasteiger partial charge in [0.15, 0.2) is 0 Å². The Balaban J connectivity index is 2.26. The average molecular weight is 228 g/mol. The minimum absolute atomic E-state index is 0.191. The van der Waals surface area contributed by atoms with E-state index in [1.165, 1.54) is 0 Å². The lowest BCUT2D eigenvalue weighted by atomic mass is 10.1. The Bertz CT molecular complexity index is 511. The van der Waals surface area contributed by atoms with Crippen molar-refractivity contribution in [3.05, 3.63) is 42.1 Å². The van der Waals surface area contributed by atoms with Gasteiger partial charge in [0, 0.05) is 19.2 Å². The van der Waals surface area contributed by atoms with Crippen LogP contribution in [0.3, 0.4) is 0 Å². The predicted molar refractivity (Wildman–Crippen MR) is 67.7 cm³/mol. The third-order valence-electron chi connectivity index (χ3n) is 2.72. The molecule has 0 radical (unpaired) electrons. The van der Waals surface area contributed by atoms with Gasteiger partial charge < -0.3 is 0 Å². The van der Waals surface area contributed by atoms with E-state index in [9.17, 15) is 4.79 Å². The summed E-state index contributed by atoms with van der Waals surface area (Å²) in [5.41, 5.74) is 3.31. The fraction of sp³-hybridized carbons (Fsp3) is 0.286. The lowest BCUT2D eigenvalue weighted by Gasteiger charge is -2.05. The van der Waals surface area contributed by atoms with Gasteiger partial charge in [-0.05, 0) is 31.0 Å². The highest BCUT2D eigenvalue weighted by atomic mass is 16.1.